The van der Waals surface area contributed by atoms with Crippen LogP contribution in [0.25, 0.3) is 0 Å². The highest BCUT2D eigenvalue weighted by Crippen LogP contribution is 2.58. The molecule has 2 N–H and O–H groups in total. The first-order valence-corrected chi connectivity index (χ1v) is 5.64. The predicted molar refractivity (Wildman–Crippen MR) is 55.1 cm³/mol. The van der Waals surface area contributed by atoms with Gasteiger partial charge in [-0.25, -0.2) is 0 Å². The minimum atomic E-state index is -6.50. The number of hydrogen-bond acceptors (Lipinski definition) is 2. The molecule has 0 aliphatic heterocycles. The molecule has 1 fully saturated rings. The lowest BCUT2D eigenvalue weighted by atomic mass is 9.80. The van der Waals surface area contributed by atoms with E-state index < -0.39 is 53.7 Å². The molecule has 122 valence electrons. The van der Waals surface area contributed by atoms with Crippen molar-refractivity contribution < 1.29 is 45.7 Å². The fourth-order valence-electron chi connectivity index (χ4n) is 2.36. The number of alkyl halides is 7. The van der Waals surface area contributed by atoms with Crippen LogP contribution in [0, 0.1) is 11.3 Å². The Morgan fingerprint density at radius 2 is 1.71 bits per heavy atom. The zero-order valence-electron chi connectivity index (χ0n) is 10.5. The maximum Gasteiger partial charge on any atom is 0.459 e. The summed E-state index contributed by atoms with van der Waals surface area (Å²) in [5.74, 6) is -16.3. The summed E-state index contributed by atoms with van der Waals surface area (Å²) in [5, 5.41) is 17.8. The zero-order chi connectivity index (χ0) is 16.9. The van der Waals surface area contributed by atoms with Crippen LogP contribution < -0.4 is 0 Å². The summed E-state index contributed by atoms with van der Waals surface area (Å²) in [6.07, 6.45) is -8.14. The molecule has 0 bridgehead atoms. The van der Waals surface area contributed by atoms with Gasteiger partial charge in [0, 0.05) is 0 Å². The topological polar surface area (TPSA) is 57.5 Å². The predicted octanol–water partition coefficient (Wildman–Crippen LogP) is 3.76. The molecule has 2 atom stereocenters. The molecule has 0 aromatic carbocycles. The number of aliphatic carboxylic acids is 1. The molecular formula is C11H11F7O3. The van der Waals surface area contributed by atoms with Gasteiger partial charge in [0.15, 0.2) is 0 Å². The van der Waals surface area contributed by atoms with Gasteiger partial charge in [0.2, 0.25) is 0 Å². The van der Waals surface area contributed by atoms with Gasteiger partial charge >= 0.3 is 24.0 Å². The fourth-order valence-corrected chi connectivity index (χ4v) is 2.36. The first-order chi connectivity index (χ1) is 9.23. The van der Waals surface area contributed by atoms with Crippen LogP contribution in [-0.4, -0.2) is 34.2 Å². The average Bonchev–Trinajstić information content (AvgIpc) is 2.66. The average molecular weight is 324 g/mol. The van der Waals surface area contributed by atoms with Gasteiger partial charge in [-0.1, -0.05) is 0 Å². The molecule has 1 saturated carbocycles. The molecule has 0 spiro atoms. The van der Waals surface area contributed by atoms with Gasteiger partial charge in [-0.05, 0) is 25.3 Å². The lowest BCUT2D eigenvalue weighted by Gasteiger charge is -2.33. The molecule has 0 aromatic rings. The normalized spacial score (nSPS) is 29.9. The number of aliphatic hydroxyl groups is 1. The number of hydrogen-bond donors (Lipinski definition) is 2. The quantitative estimate of drug-likeness (QED) is 0.614. The molecule has 1 aliphatic rings. The van der Waals surface area contributed by atoms with Gasteiger partial charge in [0.05, 0.1) is 17.6 Å². The first-order valence-electron chi connectivity index (χ1n) is 5.64. The third kappa shape index (κ3) is 2.34. The Labute approximate surface area is 114 Å². The summed E-state index contributed by atoms with van der Waals surface area (Å²) in [6, 6.07) is 0. The molecule has 0 radical (unpaired) electrons. The van der Waals surface area contributed by atoms with Gasteiger partial charge in [0.25, 0.3) is 0 Å². The van der Waals surface area contributed by atoms with E-state index in [-0.39, 0.29) is 6.26 Å². The second kappa shape index (κ2) is 4.77. The standard InChI is InChI=1S/C11H11F7O3/c1-8(7(20)21)3-2-5(6(8)4-19)9(12,13)10(14,15)11(16,17)18/h4-5,19H,2-3H2,1H3,(H,20,21)/b6-4-. The number of carboxylic acids is 1. The van der Waals surface area contributed by atoms with Crippen molar-refractivity contribution in [3.8, 4) is 0 Å². The number of halogens is 7. The molecule has 1 aliphatic carbocycles. The molecule has 0 heterocycles. The van der Waals surface area contributed by atoms with Crippen LogP contribution >= 0.6 is 0 Å². The zero-order valence-corrected chi connectivity index (χ0v) is 10.5. The SMILES string of the molecule is CC1(C(=O)O)CCC(C(F)(F)C(F)(F)C(F)(F)F)/C1=C/O. The van der Waals surface area contributed by atoms with Crippen LogP contribution in [0.2, 0.25) is 0 Å². The Hall–Kier alpha value is -1.48. The summed E-state index contributed by atoms with van der Waals surface area (Å²) in [7, 11) is 0. The third-order valence-corrected chi connectivity index (χ3v) is 3.77. The second-order valence-corrected chi connectivity index (χ2v) is 5.01. The van der Waals surface area contributed by atoms with E-state index in [0.717, 1.165) is 6.92 Å². The highest BCUT2D eigenvalue weighted by Gasteiger charge is 2.76. The van der Waals surface area contributed by atoms with E-state index in [1.54, 1.807) is 0 Å². The first kappa shape index (κ1) is 17.6. The fraction of sp³-hybridized carbons (Fsp3) is 0.727. The molecule has 3 nitrogen and oxygen atoms in total. The minimum Gasteiger partial charge on any atom is -0.516 e. The summed E-state index contributed by atoms with van der Waals surface area (Å²) in [6.45, 7) is 0.874. The van der Waals surface area contributed by atoms with E-state index in [1.165, 1.54) is 0 Å². The van der Waals surface area contributed by atoms with Gasteiger partial charge in [0.1, 0.15) is 0 Å². The van der Waals surface area contributed by atoms with Crippen LogP contribution in [0.1, 0.15) is 19.8 Å². The Balaban J connectivity index is 3.32. The van der Waals surface area contributed by atoms with Crippen molar-refractivity contribution in [2.45, 2.75) is 37.8 Å². The lowest BCUT2D eigenvalue weighted by Crippen LogP contribution is -2.55. The lowest BCUT2D eigenvalue weighted by molar-refractivity contribution is -0.363. The van der Waals surface area contributed by atoms with Gasteiger partial charge < -0.3 is 10.2 Å². The number of aliphatic hydroxyl groups excluding tert-OH is 1. The third-order valence-electron chi connectivity index (χ3n) is 3.77. The Bertz CT molecular complexity index is 469. The van der Waals surface area contributed by atoms with Crippen LogP contribution in [-0.2, 0) is 4.79 Å². The van der Waals surface area contributed by atoms with E-state index in [1.807, 2.05) is 0 Å². The molecule has 0 amide bonds. The van der Waals surface area contributed by atoms with Crippen molar-refractivity contribution in [1.82, 2.24) is 0 Å². The van der Waals surface area contributed by atoms with E-state index in [4.69, 9.17) is 10.2 Å². The largest absolute Gasteiger partial charge is 0.516 e. The van der Waals surface area contributed by atoms with Gasteiger partial charge in [-0.2, -0.15) is 30.7 Å². The van der Waals surface area contributed by atoms with E-state index in [9.17, 15) is 35.5 Å². The summed E-state index contributed by atoms with van der Waals surface area (Å²) >= 11 is 0. The van der Waals surface area contributed by atoms with Crippen LogP contribution in [0.15, 0.2) is 11.8 Å². The summed E-state index contributed by atoms with van der Waals surface area (Å²) < 4.78 is 89.7. The van der Waals surface area contributed by atoms with Gasteiger partial charge in [-0.3, -0.25) is 4.79 Å². The molecule has 10 heteroatoms. The molecule has 2 unspecified atom stereocenters. The van der Waals surface area contributed by atoms with E-state index in [2.05, 4.69) is 0 Å². The summed E-state index contributed by atoms with van der Waals surface area (Å²) in [4.78, 5) is 11.0. The smallest absolute Gasteiger partial charge is 0.459 e. The van der Waals surface area contributed by atoms with Crippen molar-refractivity contribution in [1.29, 1.82) is 0 Å². The molecular weight excluding hydrogens is 313 g/mol. The van der Waals surface area contributed by atoms with E-state index >= 15 is 0 Å². The van der Waals surface area contributed by atoms with Crippen LogP contribution in [0.5, 0.6) is 0 Å². The summed E-state index contributed by atoms with van der Waals surface area (Å²) in [5.41, 5.74) is -3.17. The number of carbonyl (C=O) groups is 1. The minimum absolute atomic E-state index is 0.119. The Morgan fingerprint density at radius 1 is 1.24 bits per heavy atom. The van der Waals surface area contributed by atoms with Crippen LogP contribution in [0.4, 0.5) is 30.7 Å². The van der Waals surface area contributed by atoms with Gasteiger partial charge in [-0.15, -0.1) is 0 Å². The molecule has 21 heavy (non-hydrogen) atoms. The van der Waals surface area contributed by atoms with Crippen molar-refractivity contribution in [3.05, 3.63) is 11.8 Å². The molecule has 0 saturated heterocycles. The van der Waals surface area contributed by atoms with Crippen molar-refractivity contribution in [2.24, 2.45) is 11.3 Å². The van der Waals surface area contributed by atoms with Crippen molar-refractivity contribution in [3.63, 3.8) is 0 Å². The van der Waals surface area contributed by atoms with E-state index in [0.29, 0.717) is 0 Å². The maximum atomic E-state index is 13.6. The number of carboxylic acid groups (broad SMARTS) is 1. The maximum absolute atomic E-state index is 13.6. The Morgan fingerprint density at radius 3 is 2.05 bits per heavy atom. The monoisotopic (exact) mass is 324 g/mol. The Kier molecular flexibility index (Phi) is 3.99. The number of rotatable bonds is 3. The molecule has 1 rings (SSSR count). The highest BCUT2D eigenvalue weighted by atomic mass is 19.4. The highest BCUT2D eigenvalue weighted by molar-refractivity contribution is 5.79. The molecule has 0 aromatic heterocycles. The van der Waals surface area contributed by atoms with Crippen molar-refractivity contribution in [2.75, 3.05) is 0 Å². The second-order valence-electron chi connectivity index (χ2n) is 5.01. The van der Waals surface area contributed by atoms with Crippen LogP contribution in [0.3, 0.4) is 0 Å². The van der Waals surface area contributed by atoms with Crippen molar-refractivity contribution >= 4 is 5.97 Å².